The third-order valence-electron chi connectivity index (χ3n) is 2.30. The lowest BCUT2D eigenvalue weighted by atomic mass is 10.3. The number of benzene rings is 1. The number of carboxylic acid groups (broad SMARTS) is 1. The van der Waals surface area contributed by atoms with Crippen molar-refractivity contribution in [3.8, 4) is 5.75 Å². The summed E-state index contributed by atoms with van der Waals surface area (Å²) in [6, 6.07) is 8.52. The number of nitrogens with zero attached hydrogens (tertiary/aromatic N) is 2. The maximum atomic E-state index is 11.3. The Kier molecular flexibility index (Phi) is 5.45. The van der Waals surface area contributed by atoms with Crippen LogP contribution in [-0.4, -0.2) is 33.6 Å². The first kappa shape index (κ1) is 15.9. The van der Waals surface area contributed by atoms with E-state index in [2.05, 4.69) is 15.5 Å². The number of para-hydroxylation sites is 1. The number of carbonyl (C=O) groups excluding carboxylic acids is 1. The molecule has 0 unspecified atom stereocenters. The zero-order valence-electron chi connectivity index (χ0n) is 11.0. The normalized spacial score (nSPS) is 11.0. The summed E-state index contributed by atoms with van der Waals surface area (Å²) in [5.74, 6) is -1.55. The van der Waals surface area contributed by atoms with E-state index in [-0.39, 0.29) is 22.4 Å². The summed E-state index contributed by atoms with van der Waals surface area (Å²) in [4.78, 5) is 31.4. The minimum atomic E-state index is -1.29. The molecule has 1 heterocycles. The van der Waals surface area contributed by atoms with E-state index in [0.29, 0.717) is 5.75 Å². The number of aromatic nitrogens is 1. The molecule has 0 atom stereocenters. The predicted octanol–water partition coefficient (Wildman–Crippen LogP) is 2.19. The number of halogens is 1. The van der Waals surface area contributed by atoms with Gasteiger partial charge in [0, 0.05) is 5.38 Å². The molecule has 0 radical (unpaired) electrons. The summed E-state index contributed by atoms with van der Waals surface area (Å²) < 4.78 is 0. The Bertz CT molecular complexity index is 702. The number of amides is 1. The van der Waals surface area contributed by atoms with Crippen molar-refractivity contribution < 1.29 is 19.5 Å². The number of alkyl halides is 1. The van der Waals surface area contributed by atoms with Crippen molar-refractivity contribution in [3.05, 3.63) is 41.4 Å². The van der Waals surface area contributed by atoms with Crippen molar-refractivity contribution in [1.82, 2.24) is 4.98 Å². The number of anilines is 1. The van der Waals surface area contributed by atoms with Crippen molar-refractivity contribution in [1.29, 1.82) is 0 Å². The van der Waals surface area contributed by atoms with Crippen LogP contribution >= 0.6 is 22.9 Å². The van der Waals surface area contributed by atoms with Gasteiger partial charge in [-0.1, -0.05) is 23.4 Å². The Labute approximate surface area is 134 Å². The van der Waals surface area contributed by atoms with Crippen molar-refractivity contribution in [2.75, 3.05) is 11.2 Å². The Balaban J connectivity index is 2.18. The highest BCUT2D eigenvalue weighted by Crippen LogP contribution is 2.17. The maximum absolute atomic E-state index is 11.3. The fourth-order valence-electron chi connectivity index (χ4n) is 1.37. The van der Waals surface area contributed by atoms with E-state index in [4.69, 9.17) is 16.4 Å². The van der Waals surface area contributed by atoms with Crippen LogP contribution in [0, 0.1) is 0 Å². The van der Waals surface area contributed by atoms with Gasteiger partial charge in [-0.25, -0.2) is 9.78 Å². The molecule has 2 rings (SSSR count). The van der Waals surface area contributed by atoms with Gasteiger partial charge in [-0.2, -0.15) is 0 Å². The number of hydrogen-bond acceptors (Lipinski definition) is 6. The van der Waals surface area contributed by atoms with Gasteiger partial charge < -0.3 is 15.3 Å². The number of aliphatic carboxylic acids is 1. The number of rotatable bonds is 6. The van der Waals surface area contributed by atoms with Crippen LogP contribution in [0.25, 0.3) is 0 Å². The summed E-state index contributed by atoms with van der Waals surface area (Å²) in [5, 5.41) is 16.9. The minimum Gasteiger partial charge on any atom is -0.476 e. The van der Waals surface area contributed by atoms with Crippen molar-refractivity contribution in [2.45, 2.75) is 0 Å². The van der Waals surface area contributed by atoms with E-state index in [1.807, 2.05) is 0 Å². The molecule has 9 heteroatoms. The number of thiazole rings is 1. The first-order valence-electron chi connectivity index (χ1n) is 5.95. The molecule has 1 aromatic heterocycles. The predicted molar refractivity (Wildman–Crippen MR) is 82.7 cm³/mol. The monoisotopic (exact) mass is 339 g/mol. The zero-order valence-corrected chi connectivity index (χ0v) is 12.6. The Morgan fingerprint density at radius 2 is 2.09 bits per heavy atom. The lowest BCUT2D eigenvalue weighted by Gasteiger charge is -2.00. The minimum absolute atomic E-state index is 0.0818. The van der Waals surface area contributed by atoms with E-state index in [1.54, 1.807) is 30.3 Å². The largest absolute Gasteiger partial charge is 0.476 e. The van der Waals surface area contributed by atoms with Crippen LogP contribution in [0.5, 0.6) is 5.75 Å². The fourth-order valence-corrected chi connectivity index (χ4v) is 2.15. The smallest absolute Gasteiger partial charge is 0.360 e. The Hall–Kier alpha value is -2.45. The molecule has 0 bridgehead atoms. The van der Waals surface area contributed by atoms with Gasteiger partial charge >= 0.3 is 5.97 Å². The first-order valence-corrected chi connectivity index (χ1v) is 7.36. The van der Waals surface area contributed by atoms with Gasteiger partial charge in [0.05, 0.1) is 0 Å². The van der Waals surface area contributed by atoms with Crippen LogP contribution < -0.4 is 10.2 Å². The average Bonchev–Trinajstić information content (AvgIpc) is 2.96. The van der Waals surface area contributed by atoms with E-state index in [9.17, 15) is 14.7 Å². The number of hydrogen-bond donors (Lipinski definition) is 2. The summed E-state index contributed by atoms with van der Waals surface area (Å²) in [7, 11) is 0. The third kappa shape index (κ3) is 4.27. The van der Waals surface area contributed by atoms with Crippen LogP contribution in [0.3, 0.4) is 0 Å². The summed E-state index contributed by atoms with van der Waals surface area (Å²) >= 11 is 6.43. The van der Waals surface area contributed by atoms with Gasteiger partial charge in [0.15, 0.2) is 10.9 Å². The van der Waals surface area contributed by atoms with Crippen molar-refractivity contribution in [2.24, 2.45) is 5.16 Å². The van der Waals surface area contributed by atoms with E-state index < -0.39 is 11.9 Å². The lowest BCUT2D eigenvalue weighted by Crippen LogP contribution is -2.17. The second-order valence-electron chi connectivity index (χ2n) is 3.87. The molecule has 0 saturated carbocycles. The second-order valence-corrected chi connectivity index (χ2v) is 4.99. The molecule has 2 aromatic rings. The molecule has 7 nitrogen and oxygen atoms in total. The van der Waals surface area contributed by atoms with Gasteiger partial charge in [0.2, 0.25) is 11.6 Å². The molecule has 0 saturated heterocycles. The van der Waals surface area contributed by atoms with Gasteiger partial charge in [0.25, 0.3) is 0 Å². The number of nitrogens with one attached hydrogen (secondary N) is 1. The molecule has 0 fully saturated rings. The zero-order chi connectivity index (χ0) is 15.9. The standard InChI is InChI=1S/C13H10ClN3O4S/c14-6-10(18)16-13-15-9(7-22-13)11(12(19)20)17-21-8-4-2-1-3-5-8/h1-5,7H,6H2,(H,19,20)(H,15,16,18). The van der Waals surface area contributed by atoms with E-state index in [1.165, 1.54) is 5.38 Å². The van der Waals surface area contributed by atoms with E-state index >= 15 is 0 Å². The highest BCUT2D eigenvalue weighted by molar-refractivity contribution is 7.14. The molecule has 0 aliphatic rings. The van der Waals surface area contributed by atoms with Crippen molar-refractivity contribution in [3.63, 3.8) is 0 Å². The number of oxime groups is 1. The van der Waals surface area contributed by atoms with Crippen LogP contribution in [-0.2, 0) is 9.59 Å². The Morgan fingerprint density at radius 1 is 1.36 bits per heavy atom. The molecule has 1 amide bonds. The highest BCUT2D eigenvalue weighted by Gasteiger charge is 2.18. The summed E-state index contributed by atoms with van der Waals surface area (Å²) in [6.07, 6.45) is 0. The van der Waals surface area contributed by atoms with Gasteiger partial charge in [-0.15, -0.1) is 22.9 Å². The average molecular weight is 340 g/mol. The molecule has 22 heavy (non-hydrogen) atoms. The number of carbonyl (C=O) groups is 2. The summed E-state index contributed by atoms with van der Waals surface area (Å²) in [6.45, 7) is 0. The molecular formula is C13H10ClN3O4S. The van der Waals surface area contributed by atoms with Crippen molar-refractivity contribution >= 4 is 45.7 Å². The van der Waals surface area contributed by atoms with Gasteiger partial charge in [0.1, 0.15) is 11.6 Å². The molecule has 1 aromatic carbocycles. The fraction of sp³-hybridized carbons (Fsp3) is 0.0769. The molecule has 114 valence electrons. The third-order valence-corrected chi connectivity index (χ3v) is 3.30. The first-order chi connectivity index (χ1) is 10.6. The number of carboxylic acids is 1. The molecule has 0 spiro atoms. The van der Waals surface area contributed by atoms with Crippen LogP contribution in [0.2, 0.25) is 0 Å². The highest BCUT2D eigenvalue weighted by atomic mass is 35.5. The van der Waals surface area contributed by atoms with Crippen LogP contribution in [0.15, 0.2) is 40.9 Å². The molecule has 0 aliphatic heterocycles. The van der Waals surface area contributed by atoms with Gasteiger partial charge in [-0.3, -0.25) is 4.79 Å². The van der Waals surface area contributed by atoms with Crippen LogP contribution in [0.1, 0.15) is 5.69 Å². The SMILES string of the molecule is O=C(CCl)Nc1nc(C(=NOc2ccccc2)C(=O)O)cs1. The maximum Gasteiger partial charge on any atom is 0.360 e. The topological polar surface area (TPSA) is 101 Å². The van der Waals surface area contributed by atoms with Gasteiger partial charge in [-0.05, 0) is 12.1 Å². The molecule has 2 N–H and O–H groups in total. The molecular weight excluding hydrogens is 330 g/mol. The quantitative estimate of drug-likeness (QED) is 0.477. The van der Waals surface area contributed by atoms with Crippen LogP contribution in [0.4, 0.5) is 5.13 Å². The second kappa shape index (κ2) is 7.53. The Morgan fingerprint density at radius 3 is 2.73 bits per heavy atom. The lowest BCUT2D eigenvalue weighted by molar-refractivity contribution is -0.129. The molecule has 0 aliphatic carbocycles. The summed E-state index contributed by atoms with van der Waals surface area (Å²) in [5.41, 5.74) is -0.287. The van der Waals surface area contributed by atoms with E-state index in [0.717, 1.165) is 11.3 Å².